The van der Waals surface area contributed by atoms with Gasteiger partial charge in [-0.15, -0.1) is 0 Å². The molecule has 0 aliphatic carbocycles. The van der Waals surface area contributed by atoms with Gasteiger partial charge in [0.25, 0.3) is 0 Å². The number of halogens is 1. The largest absolute Gasteiger partial charge is 0.497 e. The highest BCUT2D eigenvalue weighted by Crippen LogP contribution is 2.36. The average molecular weight is 386 g/mol. The van der Waals surface area contributed by atoms with Crippen LogP contribution >= 0.6 is 0 Å². The zero-order chi connectivity index (χ0) is 19.0. The minimum Gasteiger partial charge on any atom is -0.497 e. The molecule has 7 heteroatoms. The zero-order valence-corrected chi connectivity index (χ0v) is 15.6. The fourth-order valence-corrected chi connectivity index (χ4v) is 5.07. The Morgan fingerprint density at radius 2 is 1.70 bits per heavy atom. The molecular weight excluding hydrogens is 367 g/mol. The molecule has 0 unspecified atom stereocenters. The maximum Gasteiger partial charge on any atom is 0.244 e. The Bertz CT molecular complexity index is 1040. The Morgan fingerprint density at radius 1 is 1.00 bits per heavy atom. The lowest BCUT2D eigenvalue weighted by Crippen LogP contribution is -2.42. The molecule has 2 aromatic carbocycles. The minimum absolute atomic E-state index is 0.204. The maximum absolute atomic E-state index is 13.4. The monoisotopic (exact) mass is 386 g/mol. The fourth-order valence-electron chi connectivity index (χ4n) is 3.49. The molecule has 0 saturated carbocycles. The normalized spacial score (nSPS) is 17.5. The van der Waals surface area contributed by atoms with Crippen LogP contribution in [0, 0.1) is 5.82 Å². The number of methoxy groups -OCH3 is 1. The molecule has 4 rings (SSSR count). The molecule has 0 radical (unpaired) electrons. The van der Waals surface area contributed by atoms with Crippen molar-refractivity contribution in [2.24, 2.45) is 0 Å². The van der Waals surface area contributed by atoms with Gasteiger partial charge in [0.15, 0.2) is 0 Å². The lowest BCUT2D eigenvalue weighted by atomic mass is 10.0. The van der Waals surface area contributed by atoms with E-state index in [0.717, 1.165) is 11.3 Å². The van der Waals surface area contributed by atoms with Gasteiger partial charge in [-0.1, -0.05) is 12.1 Å². The summed E-state index contributed by atoms with van der Waals surface area (Å²) >= 11 is 0. The van der Waals surface area contributed by atoms with Crippen LogP contribution in [0.15, 0.2) is 71.8 Å². The standard InChI is InChI=1S/C20H19FN2O3S/c1-26-17-8-10-18(11-9-17)27(24,25)23-14-13-22-12-2-3-19(22)20(23)15-4-6-16(21)7-5-15/h2-12,20H,13-14H2,1H3/t20-/m1/s1. The van der Waals surface area contributed by atoms with Crippen molar-refractivity contribution in [2.45, 2.75) is 17.5 Å². The van der Waals surface area contributed by atoms with E-state index in [1.54, 1.807) is 36.4 Å². The molecule has 1 aliphatic heterocycles. The van der Waals surface area contributed by atoms with Gasteiger partial charge in [0, 0.05) is 25.0 Å². The van der Waals surface area contributed by atoms with Crippen molar-refractivity contribution in [2.75, 3.05) is 13.7 Å². The molecule has 0 fully saturated rings. The molecule has 0 N–H and O–H groups in total. The number of hydrogen-bond donors (Lipinski definition) is 0. The smallest absolute Gasteiger partial charge is 0.244 e. The Hall–Kier alpha value is -2.64. The Morgan fingerprint density at radius 3 is 2.37 bits per heavy atom. The SMILES string of the molecule is COc1ccc(S(=O)(=O)N2CCn3cccc3[C@H]2c2ccc(F)cc2)cc1. The number of aromatic nitrogens is 1. The second kappa shape index (κ2) is 6.83. The van der Waals surface area contributed by atoms with E-state index in [9.17, 15) is 12.8 Å². The van der Waals surface area contributed by atoms with E-state index in [1.165, 1.54) is 23.5 Å². The predicted molar refractivity (Wildman–Crippen MR) is 99.6 cm³/mol. The van der Waals surface area contributed by atoms with Gasteiger partial charge >= 0.3 is 0 Å². The molecule has 0 bridgehead atoms. The van der Waals surface area contributed by atoms with Gasteiger partial charge in [-0.25, -0.2) is 12.8 Å². The van der Waals surface area contributed by atoms with Crippen LogP contribution in [0.3, 0.4) is 0 Å². The van der Waals surface area contributed by atoms with E-state index in [2.05, 4.69) is 0 Å². The van der Waals surface area contributed by atoms with Gasteiger partial charge in [-0.05, 0) is 54.1 Å². The molecule has 0 amide bonds. The van der Waals surface area contributed by atoms with E-state index >= 15 is 0 Å². The summed E-state index contributed by atoms with van der Waals surface area (Å²) in [4.78, 5) is 0.204. The van der Waals surface area contributed by atoms with Gasteiger partial charge < -0.3 is 9.30 Å². The molecule has 3 aromatic rings. The topological polar surface area (TPSA) is 51.5 Å². The molecule has 1 aromatic heterocycles. The van der Waals surface area contributed by atoms with Crippen LogP contribution in [0.1, 0.15) is 17.3 Å². The summed E-state index contributed by atoms with van der Waals surface area (Å²) in [5.74, 6) is 0.242. The van der Waals surface area contributed by atoms with E-state index in [4.69, 9.17) is 4.74 Å². The highest BCUT2D eigenvalue weighted by molar-refractivity contribution is 7.89. The van der Waals surface area contributed by atoms with Crippen molar-refractivity contribution in [3.63, 3.8) is 0 Å². The number of nitrogens with zero attached hydrogens (tertiary/aromatic N) is 2. The molecule has 140 valence electrons. The third-order valence-electron chi connectivity index (χ3n) is 4.85. The number of ether oxygens (including phenoxy) is 1. The summed E-state index contributed by atoms with van der Waals surface area (Å²) in [6.45, 7) is 0.896. The molecule has 0 spiro atoms. The summed E-state index contributed by atoms with van der Waals surface area (Å²) < 4.78 is 48.8. The minimum atomic E-state index is -3.74. The van der Waals surface area contributed by atoms with Crippen LogP contribution in [0.4, 0.5) is 4.39 Å². The quantitative estimate of drug-likeness (QED) is 0.690. The first-order chi connectivity index (χ1) is 13.0. The first-order valence-electron chi connectivity index (χ1n) is 8.57. The average Bonchev–Trinajstić information content (AvgIpc) is 3.17. The third kappa shape index (κ3) is 3.13. The molecular formula is C20H19FN2O3S. The van der Waals surface area contributed by atoms with Crippen LogP contribution in [-0.2, 0) is 16.6 Å². The highest BCUT2D eigenvalue weighted by Gasteiger charge is 2.37. The predicted octanol–water partition coefficient (Wildman–Crippen LogP) is 3.43. The Balaban J connectivity index is 1.80. The van der Waals surface area contributed by atoms with Gasteiger partial charge in [-0.2, -0.15) is 4.31 Å². The third-order valence-corrected chi connectivity index (χ3v) is 6.72. The zero-order valence-electron chi connectivity index (χ0n) is 14.7. The van der Waals surface area contributed by atoms with Gasteiger partial charge in [0.05, 0.1) is 18.0 Å². The van der Waals surface area contributed by atoms with E-state index < -0.39 is 16.1 Å². The van der Waals surface area contributed by atoms with Crippen molar-refractivity contribution in [1.82, 2.24) is 8.87 Å². The van der Waals surface area contributed by atoms with Gasteiger partial charge in [-0.3, -0.25) is 0 Å². The van der Waals surface area contributed by atoms with Gasteiger partial charge in [0.1, 0.15) is 11.6 Å². The molecule has 5 nitrogen and oxygen atoms in total. The van der Waals surface area contributed by atoms with Crippen molar-refractivity contribution >= 4 is 10.0 Å². The Labute approximate surface area is 157 Å². The fraction of sp³-hybridized carbons (Fsp3) is 0.200. The highest BCUT2D eigenvalue weighted by atomic mass is 32.2. The maximum atomic E-state index is 13.4. The summed E-state index contributed by atoms with van der Waals surface area (Å²) in [6, 6.07) is 15.6. The number of fused-ring (bicyclic) bond motifs is 1. The number of benzene rings is 2. The summed E-state index contributed by atoms with van der Waals surface area (Å²) in [5, 5.41) is 0. The van der Waals surface area contributed by atoms with Crippen LogP contribution in [-0.4, -0.2) is 30.9 Å². The van der Waals surface area contributed by atoms with Crippen molar-refractivity contribution in [1.29, 1.82) is 0 Å². The van der Waals surface area contributed by atoms with Crippen LogP contribution in [0.25, 0.3) is 0 Å². The molecule has 2 heterocycles. The lowest BCUT2D eigenvalue weighted by molar-refractivity contribution is 0.298. The summed E-state index contributed by atoms with van der Waals surface area (Å²) in [7, 11) is -2.21. The van der Waals surface area contributed by atoms with Crippen LogP contribution in [0.2, 0.25) is 0 Å². The van der Waals surface area contributed by atoms with E-state index in [0.29, 0.717) is 18.8 Å². The second-order valence-electron chi connectivity index (χ2n) is 6.37. The van der Waals surface area contributed by atoms with E-state index in [1.807, 2.05) is 22.9 Å². The lowest BCUT2D eigenvalue weighted by Gasteiger charge is -2.36. The summed E-state index contributed by atoms with van der Waals surface area (Å²) in [6.07, 6.45) is 1.93. The Kier molecular flexibility index (Phi) is 4.49. The number of sulfonamides is 1. The summed E-state index contributed by atoms with van der Waals surface area (Å²) in [5.41, 5.74) is 1.60. The molecule has 27 heavy (non-hydrogen) atoms. The van der Waals surface area contributed by atoms with Crippen molar-refractivity contribution < 1.29 is 17.5 Å². The van der Waals surface area contributed by atoms with Crippen molar-refractivity contribution in [3.8, 4) is 5.75 Å². The second-order valence-corrected chi connectivity index (χ2v) is 8.26. The molecule has 1 aliphatic rings. The van der Waals surface area contributed by atoms with Crippen molar-refractivity contribution in [3.05, 3.63) is 83.9 Å². The molecule has 1 atom stereocenters. The van der Waals surface area contributed by atoms with Crippen LogP contribution < -0.4 is 4.74 Å². The van der Waals surface area contributed by atoms with E-state index in [-0.39, 0.29) is 10.7 Å². The molecule has 0 saturated heterocycles. The first-order valence-corrected chi connectivity index (χ1v) is 10.0. The number of hydrogen-bond acceptors (Lipinski definition) is 3. The first kappa shape index (κ1) is 17.8. The van der Waals surface area contributed by atoms with Crippen LogP contribution in [0.5, 0.6) is 5.75 Å². The van der Waals surface area contributed by atoms with Gasteiger partial charge in [0.2, 0.25) is 10.0 Å². The number of rotatable bonds is 4.